The molecule has 1 aromatic rings. The summed E-state index contributed by atoms with van der Waals surface area (Å²) in [5.74, 6) is -1.05. The first-order chi connectivity index (χ1) is 10.0. The van der Waals surface area contributed by atoms with Gasteiger partial charge in [-0.1, -0.05) is 11.6 Å². The van der Waals surface area contributed by atoms with Crippen molar-refractivity contribution in [2.45, 2.75) is 25.3 Å². The number of halogens is 1. The summed E-state index contributed by atoms with van der Waals surface area (Å²) in [7, 11) is 0. The van der Waals surface area contributed by atoms with E-state index in [1.807, 2.05) is 0 Å². The van der Waals surface area contributed by atoms with Crippen molar-refractivity contribution in [3.05, 3.63) is 29.3 Å². The summed E-state index contributed by atoms with van der Waals surface area (Å²) in [4.78, 5) is 22.7. The van der Waals surface area contributed by atoms with Gasteiger partial charge in [-0.05, 0) is 50.1 Å². The van der Waals surface area contributed by atoms with E-state index in [4.69, 9.17) is 27.2 Å². The lowest BCUT2D eigenvalue weighted by Crippen LogP contribution is -2.42. The second kappa shape index (κ2) is 9.20. The van der Waals surface area contributed by atoms with Crippen LogP contribution in [0.4, 0.5) is 0 Å². The molecule has 0 aromatic heterocycles. The lowest BCUT2D eigenvalue weighted by molar-refractivity contribution is -0.142. The van der Waals surface area contributed by atoms with E-state index >= 15 is 0 Å². The topological polar surface area (TPSA) is 102 Å². The van der Waals surface area contributed by atoms with E-state index in [0.29, 0.717) is 30.2 Å². The summed E-state index contributed by atoms with van der Waals surface area (Å²) in [6, 6.07) is 5.62. The Bertz CT molecular complexity index is 465. The van der Waals surface area contributed by atoms with Crippen LogP contribution >= 0.6 is 11.6 Å². The van der Waals surface area contributed by atoms with Crippen molar-refractivity contribution in [1.82, 2.24) is 5.32 Å². The zero-order valence-electron chi connectivity index (χ0n) is 11.5. The number of carboxylic acid groups (broad SMARTS) is 1. The van der Waals surface area contributed by atoms with Crippen molar-refractivity contribution in [3.63, 3.8) is 0 Å². The van der Waals surface area contributed by atoms with Gasteiger partial charge in [0.25, 0.3) is 5.91 Å². The number of carbonyl (C=O) groups is 2. The predicted molar refractivity (Wildman–Crippen MR) is 79.4 cm³/mol. The first-order valence-electron chi connectivity index (χ1n) is 6.63. The Labute approximate surface area is 128 Å². The van der Waals surface area contributed by atoms with Crippen LogP contribution in [-0.2, 0) is 9.59 Å². The Morgan fingerprint density at radius 1 is 1.29 bits per heavy atom. The molecule has 1 atom stereocenters. The van der Waals surface area contributed by atoms with Gasteiger partial charge in [0, 0.05) is 5.02 Å². The van der Waals surface area contributed by atoms with Crippen LogP contribution in [0.3, 0.4) is 0 Å². The van der Waals surface area contributed by atoms with E-state index in [-0.39, 0.29) is 6.61 Å². The normalized spacial score (nSPS) is 11.7. The van der Waals surface area contributed by atoms with Crippen LogP contribution in [-0.4, -0.2) is 36.2 Å². The number of amides is 1. The molecule has 1 unspecified atom stereocenters. The Hall–Kier alpha value is -1.79. The zero-order valence-corrected chi connectivity index (χ0v) is 12.3. The summed E-state index contributed by atoms with van der Waals surface area (Å²) in [6.45, 7) is 0.252. The van der Waals surface area contributed by atoms with Gasteiger partial charge in [-0.25, -0.2) is 4.79 Å². The van der Waals surface area contributed by atoms with Crippen LogP contribution in [0.5, 0.6) is 5.75 Å². The fourth-order valence-corrected chi connectivity index (χ4v) is 1.79. The number of aliphatic carboxylic acids is 1. The summed E-state index contributed by atoms with van der Waals surface area (Å²) in [5.41, 5.74) is 5.35. The highest BCUT2D eigenvalue weighted by Crippen LogP contribution is 2.15. The van der Waals surface area contributed by atoms with E-state index in [1.54, 1.807) is 24.3 Å². The fourth-order valence-electron chi connectivity index (χ4n) is 1.67. The molecule has 0 saturated carbocycles. The lowest BCUT2D eigenvalue weighted by Gasteiger charge is -2.14. The summed E-state index contributed by atoms with van der Waals surface area (Å²) >= 11 is 5.73. The molecule has 6 nitrogen and oxygen atoms in total. The van der Waals surface area contributed by atoms with Crippen LogP contribution in [0.2, 0.25) is 5.02 Å². The number of nitrogens with one attached hydrogen (secondary N) is 1. The smallest absolute Gasteiger partial charge is 0.326 e. The Morgan fingerprint density at radius 3 is 2.52 bits per heavy atom. The highest BCUT2D eigenvalue weighted by Gasteiger charge is 2.19. The number of unbranched alkanes of at least 4 members (excludes halogenated alkanes) is 1. The van der Waals surface area contributed by atoms with Crippen molar-refractivity contribution in [1.29, 1.82) is 0 Å². The third-order valence-electron chi connectivity index (χ3n) is 2.76. The largest absolute Gasteiger partial charge is 0.484 e. The van der Waals surface area contributed by atoms with Gasteiger partial charge in [0.15, 0.2) is 6.61 Å². The third kappa shape index (κ3) is 6.97. The highest BCUT2D eigenvalue weighted by atomic mass is 35.5. The van der Waals surface area contributed by atoms with Crippen LogP contribution in [0.25, 0.3) is 0 Å². The number of benzene rings is 1. The molecule has 0 fully saturated rings. The molecule has 0 radical (unpaired) electrons. The van der Waals surface area contributed by atoms with Crippen molar-refractivity contribution in [3.8, 4) is 5.75 Å². The van der Waals surface area contributed by atoms with E-state index < -0.39 is 17.9 Å². The SMILES string of the molecule is NCCCCC(NC(=O)COc1ccc(Cl)cc1)C(=O)O. The van der Waals surface area contributed by atoms with Crippen LogP contribution in [0.15, 0.2) is 24.3 Å². The van der Waals surface area contributed by atoms with Gasteiger partial charge in [0.05, 0.1) is 0 Å². The lowest BCUT2D eigenvalue weighted by atomic mass is 10.1. The second-order valence-electron chi connectivity index (χ2n) is 4.49. The number of ether oxygens (including phenoxy) is 1. The Morgan fingerprint density at radius 2 is 1.95 bits per heavy atom. The maximum Gasteiger partial charge on any atom is 0.326 e. The number of rotatable bonds is 9. The molecule has 0 bridgehead atoms. The molecule has 1 rings (SSSR count). The van der Waals surface area contributed by atoms with Gasteiger partial charge in [0.1, 0.15) is 11.8 Å². The van der Waals surface area contributed by atoms with Crippen LogP contribution in [0, 0.1) is 0 Å². The maximum absolute atomic E-state index is 11.7. The Kier molecular flexibility index (Phi) is 7.56. The average Bonchev–Trinajstić information content (AvgIpc) is 2.45. The average molecular weight is 315 g/mol. The van der Waals surface area contributed by atoms with E-state index in [0.717, 1.165) is 6.42 Å². The van der Waals surface area contributed by atoms with Crippen molar-refractivity contribution in [2.75, 3.05) is 13.2 Å². The molecule has 0 saturated heterocycles. The quantitative estimate of drug-likeness (QED) is 0.598. The van der Waals surface area contributed by atoms with Gasteiger partial charge < -0.3 is 20.9 Å². The van der Waals surface area contributed by atoms with E-state index in [2.05, 4.69) is 5.32 Å². The number of hydrogen-bond donors (Lipinski definition) is 3. The third-order valence-corrected chi connectivity index (χ3v) is 3.02. The molecule has 0 aliphatic carbocycles. The number of carbonyl (C=O) groups excluding carboxylic acids is 1. The molecule has 21 heavy (non-hydrogen) atoms. The molecule has 0 heterocycles. The van der Waals surface area contributed by atoms with Gasteiger partial charge in [-0.2, -0.15) is 0 Å². The molecular weight excluding hydrogens is 296 g/mol. The predicted octanol–water partition coefficient (Wildman–Crippen LogP) is 1.42. The molecule has 4 N–H and O–H groups in total. The molecule has 1 amide bonds. The maximum atomic E-state index is 11.7. The molecule has 116 valence electrons. The van der Waals surface area contributed by atoms with Crippen molar-refractivity contribution in [2.24, 2.45) is 5.73 Å². The van der Waals surface area contributed by atoms with Crippen LogP contribution in [0.1, 0.15) is 19.3 Å². The standard InChI is InChI=1S/C14H19ClN2O4/c15-10-4-6-11(7-5-10)21-9-13(18)17-12(14(19)20)3-1-2-8-16/h4-7,12H,1-3,8-9,16H2,(H,17,18)(H,19,20). The molecule has 0 aliphatic heterocycles. The minimum Gasteiger partial charge on any atom is -0.484 e. The number of hydrogen-bond acceptors (Lipinski definition) is 4. The minimum absolute atomic E-state index is 0.248. The highest BCUT2D eigenvalue weighted by molar-refractivity contribution is 6.30. The van der Waals surface area contributed by atoms with E-state index in [9.17, 15) is 9.59 Å². The van der Waals surface area contributed by atoms with Gasteiger partial charge in [-0.3, -0.25) is 4.79 Å². The minimum atomic E-state index is -1.06. The van der Waals surface area contributed by atoms with E-state index in [1.165, 1.54) is 0 Å². The van der Waals surface area contributed by atoms with Crippen LogP contribution < -0.4 is 15.8 Å². The number of nitrogens with two attached hydrogens (primary N) is 1. The monoisotopic (exact) mass is 314 g/mol. The molecular formula is C14H19ClN2O4. The van der Waals surface area contributed by atoms with Gasteiger partial charge >= 0.3 is 5.97 Å². The van der Waals surface area contributed by atoms with Gasteiger partial charge in [0.2, 0.25) is 0 Å². The number of carboxylic acids is 1. The zero-order chi connectivity index (χ0) is 15.7. The fraction of sp³-hybridized carbons (Fsp3) is 0.429. The summed E-state index contributed by atoms with van der Waals surface area (Å²) in [5, 5.41) is 12.0. The van der Waals surface area contributed by atoms with Crippen molar-refractivity contribution < 1.29 is 19.4 Å². The van der Waals surface area contributed by atoms with Crippen molar-refractivity contribution >= 4 is 23.5 Å². The molecule has 0 aliphatic rings. The van der Waals surface area contributed by atoms with Gasteiger partial charge in [-0.15, -0.1) is 0 Å². The Balaban J connectivity index is 2.39. The first kappa shape index (κ1) is 17.3. The summed E-state index contributed by atoms with van der Waals surface area (Å²) < 4.78 is 5.25. The molecule has 7 heteroatoms. The second-order valence-corrected chi connectivity index (χ2v) is 4.92. The first-order valence-corrected chi connectivity index (χ1v) is 7.01. The molecule has 1 aromatic carbocycles. The molecule has 0 spiro atoms. The summed E-state index contributed by atoms with van der Waals surface area (Å²) in [6.07, 6.45) is 1.71.